The van der Waals surface area contributed by atoms with Crippen molar-refractivity contribution in [1.82, 2.24) is 9.80 Å². The normalized spacial score (nSPS) is 35.3. The van der Waals surface area contributed by atoms with Crippen LogP contribution < -0.4 is 0 Å². The lowest BCUT2D eigenvalue weighted by Gasteiger charge is -2.45. The van der Waals surface area contributed by atoms with Crippen molar-refractivity contribution in [3.05, 3.63) is 0 Å². The quantitative estimate of drug-likeness (QED) is 0.746. The Morgan fingerprint density at radius 3 is 2.53 bits per heavy atom. The van der Waals surface area contributed by atoms with Gasteiger partial charge in [0.1, 0.15) is 0 Å². The van der Waals surface area contributed by atoms with Gasteiger partial charge in [0.15, 0.2) is 6.29 Å². The molecule has 2 rings (SSSR count). The Bertz CT molecular complexity index is 254. The first-order valence-corrected chi connectivity index (χ1v) is 6.74. The van der Waals surface area contributed by atoms with Gasteiger partial charge in [-0.1, -0.05) is 0 Å². The SMILES string of the molecule is COC(O)[C@@]1(C)CCCN1C1CCN(C)CC1. The molecular formula is C13H26N2O2. The lowest BCUT2D eigenvalue weighted by atomic mass is 9.93. The average molecular weight is 242 g/mol. The monoisotopic (exact) mass is 242 g/mol. The summed E-state index contributed by atoms with van der Waals surface area (Å²) < 4.78 is 5.18. The molecule has 100 valence electrons. The van der Waals surface area contributed by atoms with Crippen molar-refractivity contribution in [2.24, 2.45) is 0 Å². The van der Waals surface area contributed by atoms with Gasteiger partial charge >= 0.3 is 0 Å². The molecule has 0 radical (unpaired) electrons. The highest BCUT2D eigenvalue weighted by atomic mass is 16.6. The molecule has 2 fully saturated rings. The van der Waals surface area contributed by atoms with E-state index in [9.17, 15) is 5.11 Å². The topological polar surface area (TPSA) is 35.9 Å². The van der Waals surface area contributed by atoms with Crippen LogP contribution in [0.4, 0.5) is 0 Å². The molecule has 0 spiro atoms. The number of aliphatic hydroxyl groups is 1. The highest BCUT2D eigenvalue weighted by Crippen LogP contribution is 2.36. The van der Waals surface area contributed by atoms with Crippen molar-refractivity contribution < 1.29 is 9.84 Å². The molecule has 17 heavy (non-hydrogen) atoms. The smallest absolute Gasteiger partial charge is 0.172 e. The minimum atomic E-state index is -0.662. The third-order valence-corrected chi connectivity index (χ3v) is 4.62. The number of rotatable bonds is 3. The summed E-state index contributed by atoms with van der Waals surface area (Å²) >= 11 is 0. The van der Waals surface area contributed by atoms with Crippen LogP contribution in [-0.2, 0) is 4.74 Å². The summed E-state index contributed by atoms with van der Waals surface area (Å²) in [4.78, 5) is 4.88. The Morgan fingerprint density at radius 1 is 1.29 bits per heavy atom. The number of likely N-dealkylation sites (tertiary alicyclic amines) is 2. The molecule has 2 atom stereocenters. The molecule has 2 aliphatic rings. The molecule has 2 heterocycles. The Kier molecular flexibility index (Phi) is 4.08. The number of aliphatic hydroxyl groups excluding tert-OH is 1. The van der Waals surface area contributed by atoms with Crippen molar-refractivity contribution in [3.63, 3.8) is 0 Å². The third kappa shape index (κ3) is 2.50. The molecule has 0 aliphatic carbocycles. The number of hydrogen-bond acceptors (Lipinski definition) is 4. The second kappa shape index (κ2) is 5.22. The van der Waals surface area contributed by atoms with Gasteiger partial charge in [-0.2, -0.15) is 0 Å². The van der Waals surface area contributed by atoms with E-state index in [0.29, 0.717) is 6.04 Å². The second-order valence-electron chi connectivity index (χ2n) is 5.78. The van der Waals surface area contributed by atoms with Crippen LogP contribution in [0.15, 0.2) is 0 Å². The minimum absolute atomic E-state index is 0.185. The number of hydrogen-bond donors (Lipinski definition) is 1. The summed E-state index contributed by atoms with van der Waals surface area (Å²) in [5, 5.41) is 10.1. The molecule has 2 saturated heterocycles. The maximum absolute atomic E-state index is 10.1. The Hall–Kier alpha value is -0.160. The first-order valence-electron chi connectivity index (χ1n) is 6.74. The molecular weight excluding hydrogens is 216 g/mol. The van der Waals surface area contributed by atoms with Gasteiger partial charge in [0.05, 0.1) is 5.54 Å². The molecule has 0 bridgehead atoms. The van der Waals surface area contributed by atoms with Gasteiger partial charge in [0, 0.05) is 13.2 Å². The molecule has 1 unspecified atom stereocenters. The van der Waals surface area contributed by atoms with Gasteiger partial charge in [0.2, 0.25) is 0 Å². The summed E-state index contributed by atoms with van der Waals surface area (Å²) in [5.41, 5.74) is -0.185. The molecule has 0 aromatic heterocycles. The zero-order valence-electron chi connectivity index (χ0n) is 11.4. The fraction of sp³-hybridized carbons (Fsp3) is 1.00. The maximum Gasteiger partial charge on any atom is 0.172 e. The largest absolute Gasteiger partial charge is 0.366 e. The molecule has 0 aromatic rings. The zero-order valence-corrected chi connectivity index (χ0v) is 11.4. The van der Waals surface area contributed by atoms with Crippen LogP contribution in [0.25, 0.3) is 0 Å². The first-order chi connectivity index (χ1) is 8.08. The van der Waals surface area contributed by atoms with Crippen LogP contribution in [0.5, 0.6) is 0 Å². The highest BCUT2D eigenvalue weighted by molar-refractivity contribution is 4.98. The van der Waals surface area contributed by atoms with Crippen molar-refractivity contribution >= 4 is 0 Å². The van der Waals surface area contributed by atoms with Crippen molar-refractivity contribution in [2.75, 3.05) is 33.8 Å². The van der Waals surface area contributed by atoms with E-state index in [1.54, 1.807) is 7.11 Å². The standard InChI is InChI=1S/C13H26N2O2/c1-13(12(16)17-3)7-4-8-15(13)11-5-9-14(2)10-6-11/h11-12,16H,4-10H2,1-3H3/t12?,13-/m1/s1. The summed E-state index contributed by atoms with van der Waals surface area (Å²) in [6.07, 6.45) is 3.97. The fourth-order valence-electron chi connectivity index (χ4n) is 3.43. The highest BCUT2D eigenvalue weighted by Gasteiger charge is 2.46. The van der Waals surface area contributed by atoms with Crippen molar-refractivity contribution in [2.45, 2.75) is 50.5 Å². The van der Waals surface area contributed by atoms with Crippen LogP contribution in [-0.4, -0.2) is 66.6 Å². The Balaban J connectivity index is 2.04. The minimum Gasteiger partial charge on any atom is -0.366 e. The van der Waals surface area contributed by atoms with Gasteiger partial charge in [-0.15, -0.1) is 0 Å². The van der Waals surface area contributed by atoms with Crippen molar-refractivity contribution in [3.8, 4) is 0 Å². The number of nitrogens with zero attached hydrogens (tertiary/aromatic N) is 2. The van der Waals surface area contributed by atoms with E-state index in [2.05, 4.69) is 23.8 Å². The van der Waals surface area contributed by atoms with Gasteiger partial charge < -0.3 is 14.7 Å². The molecule has 0 amide bonds. The van der Waals surface area contributed by atoms with E-state index in [0.717, 1.165) is 13.0 Å². The molecule has 0 aromatic carbocycles. The van der Waals surface area contributed by atoms with Crippen LogP contribution in [0.3, 0.4) is 0 Å². The van der Waals surface area contributed by atoms with Crippen molar-refractivity contribution in [1.29, 1.82) is 0 Å². The van der Waals surface area contributed by atoms with E-state index in [1.165, 1.54) is 32.4 Å². The number of piperidine rings is 1. The van der Waals surface area contributed by atoms with Crippen LogP contribution in [0.2, 0.25) is 0 Å². The molecule has 0 saturated carbocycles. The zero-order chi connectivity index (χ0) is 12.5. The van der Waals surface area contributed by atoms with E-state index in [4.69, 9.17) is 4.74 Å². The van der Waals surface area contributed by atoms with Crippen LogP contribution in [0.1, 0.15) is 32.6 Å². The van der Waals surface area contributed by atoms with Gasteiger partial charge in [0.25, 0.3) is 0 Å². The lowest BCUT2D eigenvalue weighted by molar-refractivity contribution is -0.165. The summed E-state index contributed by atoms with van der Waals surface area (Å²) in [6.45, 7) is 5.58. The Morgan fingerprint density at radius 2 is 1.94 bits per heavy atom. The number of methoxy groups -OCH3 is 1. The molecule has 1 N–H and O–H groups in total. The predicted molar refractivity (Wildman–Crippen MR) is 67.9 cm³/mol. The second-order valence-corrected chi connectivity index (χ2v) is 5.78. The predicted octanol–water partition coefficient (Wildman–Crippen LogP) is 0.900. The molecule has 4 heteroatoms. The van der Waals surface area contributed by atoms with E-state index >= 15 is 0 Å². The van der Waals surface area contributed by atoms with Crippen LogP contribution in [0, 0.1) is 0 Å². The van der Waals surface area contributed by atoms with Crippen LogP contribution >= 0.6 is 0 Å². The summed E-state index contributed by atoms with van der Waals surface area (Å²) in [7, 11) is 3.78. The number of ether oxygens (including phenoxy) is 1. The summed E-state index contributed by atoms with van der Waals surface area (Å²) in [5.74, 6) is 0. The molecule has 2 aliphatic heterocycles. The first kappa shape index (κ1) is 13.3. The fourth-order valence-corrected chi connectivity index (χ4v) is 3.43. The average Bonchev–Trinajstić information content (AvgIpc) is 2.73. The lowest BCUT2D eigenvalue weighted by Crippen LogP contribution is -2.57. The Labute approximate surface area is 105 Å². The van der Waals surface area contributed by atoms with Gasteiger partial charge in [-0.05, 0) is 59.3 Å². The van der Waals surface area contributed by atoms with E-state index in [-0.39, 0.29) is 5.54 Å². The summed E-state index contributed by atoms with van der Waals surface area (Å²) in [6, 6.07) is 0.614. The third-order valence-electron chi connectivity index (χ3n) is 4.62. The van der Waals surface area contributed by atoms with Gasteiger partial charge in [-0.25, -0.2) is 0 Å². The maximum atomic E-state index is 10.1. The van der Waals surface area contributed by atoms with E-state index < -0.39 is 6.29 Å². The van der Waals surface area contributed by atoms with E-state index in [1.807, 2.05) is 0 Å². The van der Waals surface area contributed by atoms with Gasteiger partial charge in [-0.3, -0.25) is 4.90 Å². The molecule has 4 nitrogen and oxygen atoms in total.